The topological polar surface area (TPSA) is 82.6 Å². The van der Waals surface area contributed by atoms with Crippen LogP contribution in [0.15, 0.2) is 30.0 Å². The normalized spacial score (nSPS) is 14.5. The largest absolute Gasteiger partial charge is 0.355 e. The minimum atomic E-state index is 0.551. The van der Waals surface area contributed by atoms with E-state index in [1.165, 1.54) is 24.2 Å². The van der Waals surface area contributed by atoms with Crippen molar-refractivity contribution in [2.24, 2.45) is 0 Å². The standard InChI is InChI=1S/C14H15N7S/c1-2-7-21(6-1)12-10(8-17-20-12)11-9-22-14(18-11)19-13-15-4-3-5-16-13/h3-5,8-9H,1-2,6-7H2,(H,17,20)(H,15,16,18,19). The molecule has 0 bridgehead atoms. The van der Waals surface area contributed by atoms with Gasteiger partial charge in [0.2, 0.25) is 5.95 Å². The highest BCUT2D eigenvalue weighted by molar-refractivity contribution is 7.14. The van der Waals surface area contributed by atoms with E-state index >= 15 is 0 Å². The van der Waals surface area contributed by atoms with E-state index in [0.717, 1.165) is 35.3 Å². The molecule has 0 unspecified atom stereocenters. The number of aromatic amines is 1. The summed E-state index contributed by atoms with van der Waals surface area (Å²) in [6.07, 6.45) is 7.76. The Kier molecular flexibility index (Phi) is 3.43. The Morgan fingerprint density at radius 3 is 2.82 bits per heavy atom. The van der Waals surface area contributed by atoms with Gasteiger partial charge in [0, 0.05) is 37.1 Å². The molecule has 1 fully saturated rings. The van der Waals surface area contributed by atoms with Gasteiger partial charge in [-0.2, -0.15) is 5.10 Å². The van der Waals surface area contributed by atoms with E-state index < -0.39 is 0 Å². The van der Waals surface area contributed by atoms with Crippen molar-refractivity contribution in [3.05, 3.63) is 30.0 Å². The maximum Gasteiger partial charge on any atom is 0.228 e. The average molecular weight is 313 g/mol. The minimum absolute atomic E-state index is 0.551. The van der Waals surface area contributed by atoms with Gasteiger partial charge in [-0.25, -0.2) is 15.0 Å². The molecule has 1 aliphatic heterocycles. The molecule has 0 saturated carbocycles. The molecular weight excluding hydrogens is 298 g/mol. The number of hydrogen-bond donors (Lipinski definition) is 2. The Balaban J connectivity index is 1.58. The molecule has 22 heavy (non-hydrogen) atoms. The maximum absolute atomic E-state index is 4.62. The average Bonchev–Trinajstić information content (AvgIpc) is 3.29. The lowest BCUT2D eigenvalue weighted by Crippen LogP contribution is -2.18. The van der Waals surface area contributed by atoms with Crippen LogP contribution >= 0.6 is 11.3 Å². The van der Waals surface area contributed by atoms with Crippen molar-refractivity contribution in [1.29, 1.82) is 0 Å². The Bertz CT molecular complexity index is 745. The zero-order valence-electron chi connectivity index (χ0n) is 11.9. The second kappa shape index (κ2) is 5.72. The molecule has 1 saturated heterocycles. The second-order valence-electron chi connectivity index (χ2n) is 5.05. The van der Waals surface area contributed by atoms with E-state index in [-0.39, 0.29) is 0 Å². The summed E-state index contributed by atoms with van der Waals surface area (Å²) in [4.78, 5) is 15.2. The molecule has 0 amide bonds. The summed E-state index contributed by atoms with van der Waals surface area (Å²) >= 11 is 1.53. The van der Waals surface area contributed by atoms with Crippen LogP contribution in [0.4, 0.5) is 16.9 Å². The Morgan fingerprint density at radius 1 is 1.18 bits per heavy atom. The lowest BCUT2D eigenvalue weighted by atomic mass is 10.2. The van der Waals surface area contributed by atoms with Crippen LogP contribution in [0.5, 0.6) is 0 Å². The molecule has 0 atom stereocenters. The molecule has 0 aromatic carbocycles. The van der Waals surface area contributed by atoms with Gasteiger partial charge >= 0.3 is 0 Å². The van der Waals surface area contributed by atoms with Crippen LogP contribution in [0.1, 0.15) is 12.8 Å². The fourth-order valence-corrected chi connectivity index (χ4v) is 3.26. The Labute approximate surface area is 131 Å². The fraction of sp³-hybridized carbons (Fsp3) is 0.286. The highest BCUT2D eigenvalue weighted by Crippen LogP contribution is 2.33. The van der Waals surface area contributed by atoms with Crippen molar-refractivity contribution in [3.63, 3.8) is 0 Å². The quantitative estimate of drug-likeness (QED) is 0.770. The van der Waals surface area contributed by atoms with Gasteiger partial charge in [-0.3, -0.25) is 5.10 Å². The summed E-state index contributed by atoms with van der Waals surface area (Å²) in [7, 11) is 0. The zero-order chi connectivity index (χ0) is 14.8. The summed E-state index contributed by atoms with van der Waals surface area (Å²) in [6.45, 7) is 2.12. The molecule has 0 aliphatic carbocycles. The summed E-state index contributed by atoms with van der Waals surface area (Å²) in [6, 6.07) is 1.78. The van der Waals surface area contributed by atoms with Crippen LogP contribution < -0.4 is 10.2 Å². The van der Waals surface area contributed by atoms with Crippen LogP contribution in [0.25, 0.3) is 11.3 Å². The van der Waals surface area contributed by atoms with Gasteiger partial charge in [0.05, 0.1) is 11.3 Å². The second-order valence-corrected chi connectivity index (χ2v) is 5.91. The zero-order valence-corrected chi connectivity index (χ0v) is 12.7. The summed E-state index contributed by atoms with van der Waals surface area (Å²) in [5.41, 5.74) is 1.96. The highest BCUT2D eigenvalue weighted by Gasteiger charge is 2.20. The van der Waals surface area contributed by atoms with Gasteiger partial charge < -0.3 is 10.2 Å². The van der Waals surface area contributed by atoms with Crippen molar-refractivity contribution in [3.8, 4) is 11.3 Å². The van der Waals surface area contributed by atoms with E-state index in [1.807, 2.05) is 11.6 Å². The van der Waals surface area contributed by atoms with E-state index in [4.69, 9.17) is 0 Å². The Morgan fingerprint density at radius 2 is 2.00 bits per heavy atom. The van der Waals surface area contributed by atoms with Crippen LogP contribution in [0, 0.1) is 0 Å². The Hall–Kier alpha value is -2.48. The monoisotopic (exact) mass is 313 g/mol. The van der Waals surface area contributed by atoms with Gasteiger partial charge in [0.25, 0.3) is 0 Å². The predicted octanol–water partition coefficient (Wildman–Crippen LogP) is 2.67. The number of H-pyrrole nitrogens is 1. The molecule has 4 heterocycles. The van der Waals surface area contributed by atoms with Crippen molar-refractivity contribution in [1.82, 2.24) is 25.1 Å². The first kappa shape index (κ1) is 13.2. The molecule has 8 heteroatoms. The van der Waals surface area contributed by atoms with Gasteiger partial charge in [0.1, 0.15) is 0 Å². The molecule has 7 nitrogen and oxygen atoms in total. The predicted molar refractivity (Wildman–Crippen MR) is 86.5 cm³/mol. The summed E-state index contributed by atoms with van der Waals surface area (Å²) in [5, 5.41) is 13.3. The molecule has 0 radical (unpaired) electrons. The van der Waals surface area contributed by atoms with E-state index in [1.54, 1.807) is 18.5 Å². The number of anilines is 3. The molecule has 2 N–H and O–H groups in total. The SMILES string of the molecule is c1cnc(Nc2nc(-c3c[nH]nc3N3CCCC3)cs2)nc1. The number of nitrogens with zero attached hydrogens (tertiary/aromatic N) is 5. The molecule has 1 aliphatic rings. The number of aromatic nitrogens is 5. The van der Waals surface area contributed by atoms with Crippen LogP contribution in [0.2, 0.25) is 0 Å². The number of nitrogens with one attached hydrogen (secondary N) is 2. The van der Waals surface area contributed by atoms with Crippen molar-refractivity contribution in [2.45, 2.75) is 12.8 Å². The van der Waals surface area contributed by atoms with Gasteiger partial charge in [0.15, 0.2) is 10.9 Å². The van der Waals surface area contributed by atoms with E-state index in [9.17, 15) is 0 Å². The molecule has 112 valence electrons. The third-order valence-corrected chi connectivity index (χ3v) is 4.35. The number of rotatable bonds is 4. The van der Waals surface area contributed by atoms with Crippen LogP contribution in [-0.2, 0) is 0 Å². The highest BCUT2D eigenvalue weighted by atomic mass is 32.1. The third-order valence-electron chi connectivity index (χ3n) is 3.59. The molecule has 0 spiro atoms. The molecule has 4 rings (SSSR count). The van der Waals surface area contributed by atoms with Crippen LogP contribution in [-0.4, -0.2) is 38.2 Å². The third kappa shape index (κ3) is 2.52. The number of thiazole rings is 1. The maximum atomic E-state index is 4.62. The van der Waals surface area contributed by atoms with E-state index in [0.29, 0.717) is 5.95 Å². The first-order valence-electron chi connectivity index (χ1n) is 7.19. The first-order chi connectivity index (χ1) is 10.9. The molecule has 3 aromatic rings. The minimum Gasteiger partial charge on any atom is -0.355 e. The van der Waals surface area contributed by atoms with Crippen LogP contribution in [0.3, 0.4) is 0 Å². The lowest BCUT2D eigenvalue weighted by Gasteiger charge is -2.15. The van der Waals surface area contributed by atoms with Crippen molar-refractivity contribution >= 4 is 28.2 Å². The van der Waals surface area contributed by atoms with Gasteiger partial charge in [-0.05, 0) is 18.9 Å². The molecular formula is C14H15N7S. The summed E-state index contributed by atoms with van der Waals surface area (Å²) in [5.74, 6) is 1.54. The van der Waals surface area contributed by atoms with Crippen molar-refractivity contribution in [2.75, 3.05) is 23.3 Å². The van der Waals surface area contributed by atoms with E-state index in [2.05, 4.69) is 35.4 Å². The number of hydrogen-bond acceptors (Lipinski definition) is 7. The summed E-state index contributed by atoms with van der Waals surface area (Å²) < 4.78 is 0. The smallest absolute Gasteiger partial charge is 0.228 e. The lowest BCUT2D eigenvalue weighted by molar-refractivity contribution is 0.921. The molecule has 3 aromatic heterocycles. The van der Waals surface area contributed by atoms with Gasteiger partial charge in [-0.15, -0.1) is 11.3 Å². The fourth-order valence-electron chi connectivity index (χ4n) is 2.56. The van der Waals surface area contributed by atoms with Gasteiger partial charge in [-0.1, -0.05) is 0 Å². The first-order valence-corrected chi connectivity index (χ1v) is 8.07. The van der Waals surface area contributed by atoms with Crippen molar-refractivity contribution < 1.29 is 0 Å².